The lowest BCUT2D eigenvalue weighted by molar-refractivity contribution is -0.120. The molecule has 2 rings (SSSR count). The highest BCUT2D eigenvalue weighted by Gasteiger charge is 2.13. The average molecular weight is 402 g/mol. The third kappa shape index (κ3) is 4.90. The number of rotatable bonds is 5. The second kappa shape index (κ2) is 7.85. The van der Waals surface area contributed by atoms with Crippen LogP contribution in [0.4, 0.5) is 0 Å². The lowest BCUT2D eigenvalue weighted by Crippen LogP contribution is -2.26. The Morgan fingerprint density at radius 2 is 2.14 bits per heavy atom. The summed E-state index contributed by atoms with van der Waals surface area (Å²) in [5.74, 6) is 1.15. The molecule has 1 aromatic carbocycles. The fraction of sp³-hybridized carbons (Fsp3) is 0.200. The highest BCUT2D eigenvalue weighted by molar-refractivity contribution is 9.10. The van der Waals surface area contributed by atoms with Gasteiger partial charge in [-0.3, -0.25) is 4.79 Å². The van der Waals surface area contributed by atoms with Crippen LogP contribution in [0.5, 0.6) is 0 Å². The number of furan rings is 1. The Balaban J connectivity index is 1.87. The summed E-state index contributed by atoms with van der Waals surface area (Å²) in [5, 5.41) is 4.30. The molecular weight excluding hydrogens is 388 g/mol. The normalized spacial score (nSPS) is 12.5. The molecule has 0 bridgehead atoms. The van der Waals surface area contributed by atoms with Crippen LogP contribution in [-0.4, -0.2) is 17.4 Å². The monoisotopic (exact) mass is 400 g/mol. The Bertz CT molecular complexity index is 666. The van der Waals surface area contributed by atoms with Gasteiger partial charge in [0.2, 0.25) is 0 Å². The molecule has 1 atom stereocenters. The van der Waals surface area contributed by atoms with Gasteiger partial charge in [-0.05, 0) is 54.0 Å². The van der Waals surface area contributed by atoms with Crippen molar-refractivity contribution < 1.29 is 9.21 Å². The van der Waals surface area contributed by atoms with Gasteiger partial charge in [0, 0.05) is 16.0 Å². The molecule has 2 aromatic rings. The van der Waals surface area contributed by atoms with Crippen LogP contribution in [0.2, 0.25) is 5.02 Å². The second-order valence-corrected chi connectivity index (χ2v) is 7.21. The summed E-state index contributed by atoms with van der Waals surface area (Å²) in [6, 6.07) is 9.14. The highest BCUT2D eigenvalue weighted by Crippen LogP contribution is 2.24. The number of carbonyl (C=O) groups is 1. The van der Waals surface area contributed by atoms with Crippen molar-refractivity contribution in [1.82, 2.24) is 5.43 Å². The predicted octanol–water partition coefficient (Wildman–Crippen LogP) is 4.63. The first kappa shape index (κ1) is 17.1. The summed E-state index contributed by atoms with van der Waals surface area (Å²) < 4.78 is 6.27. The van der Waals surface area contributed by atoms with Crippen LogP contribution < -0.4 is 5.43 Å². The van der Waals surface area contributed by atoms with E-state index < -0.39 is 0 Å². The first-order chi connectivity index (χ1) is 10.5. The number of hydrogen-bond donors (Lipinski definition) is 1. The predicted molar refractivity (Wildman–Crippen MR) is 93.7 cm³/mol. The average Bonchev–Trinajstić information content (AvgIpc) is 2.80. The van der Waals surface area contributed by atoms with Crippen molar-refractivity contribution in [2.75, 3.05) is 0 Å². The third-order valence-electron chi connectivity index (χ3n) is 2.74. The van der Waals surface area contributed by atoms with E-state index in [-0.39, 0.29) is 11.2 Å². The smallest absolute Gasteiger partial charge is 0.253 e. The number of nitrogens with one attached hydrogen (secondary N) is 1. The van der Waals surface area contributed by atoms with Gasteiger partial charge in [-0.1, -0.05) is 11.6 Å². The molecule has 1 N–H and O–H groups in total. The van der Waals surface area contributed by atoms with E-state index in [0.717, 1.165) is 15.1 Å². The van der Waals surface area contributed by atoms with Gasteiger partial charge in [-0.2, -0.15) is 5.10 Å². The Hall–Kier alpha value is -1.24. The van der Waals surface area contributed by atoms with Gasteiger partial charge in [0.15, 0.2) is 0 Å². The molecule has 0 fully saturated rings. The Morgan fingerprint density at radius 1 is 1.45 bits per heavy atom. The maximum Gasteiger partial charge on any atom is 0.253 e. The first-order valence-electron chi connectivity index (χ1n) is 6.47. The van der Waals surface area contributed by atoms with Crippen molar-refractivity contribution >= 4 is 51.4 Å². The molecule has 7 heteroatoms. The van der Waals surface area contributed by atoms with Crippen molar-refractivity contribution in [3.8, 4) is 0 Å². The number of carbonyl (C=O) groups excluding carboxylic acids is 1. The molecule has 1 amide bonds. The minimum Gasteiger partial charge on any atom is -0.459 e. The van der Waals surface area contributed by atoms with Crippen molar-refractivity contribution in [3.05, 3.63) is 51.3 Å². The van der Waals surface area contributed by atoms with Crippen molar-refractivity contribution in [3.63, 3.8) is 0 Å². The number of amides is 1. The van der Waals surface area contributed by atoms with E-state index in [1.165, 1.54) is 18.0 Å². The number of halogens is 2. The first-order valence-corrected chi connectivity index (χ1v) is 8.52. The highest BCUT2D eigenvalue weighted by atomic mass is 79.9. The van der Waals surface area contributed by atoms with Crippen LogP contribution in [0.3, 0.4) is 0 Å². The third-order valence-corrected chi connectivity index (χ3v) is 4.89. The van der Waals surface area contributed by atoms with E-state index in [0.29, 0.717) is 10.8 Å². The number of hydrazone groups is 1. The summed E-state index contributed by atoms with van der Waals surface area (Å²) in [7, 11) is 0. The maximum absolute atomic E-state index is 12.0. The van der Waals surface area contributed by atoms with Gasteiger partial charge >= 0.3 is 0 Å². The van der Waals surface area contributed by atoms with Crippen LogP contribution in [0.25, 0.3) is 0 Å². The van der Waals surface area contributed by atoms with Gasteiger partial charge in [-0.25, -0.2) is 5.43 Å². The fourth-order valence-electron chi connectivity index (χ4n) is 1.57. The van der Waals surface area contributed by atoms with Gasteiger partial charge < -0.3 is 4.42 Å². The fourth-order valence-corrected chi connectivity index (χ4v) is 2.86. The Labute approximate surface area is 146 Å². The largest absolute Gasteiger partial charge is 0.459 e. The SMILES string of the molecule is Cc1oc(/C=N\NC(=O)[C@@H](C)Sc2ccc(Cl)cc2)cc1Br. The molecule has 4 nitrogen and oxygen atoms in total. The molecule has 1 heterocycles. The standard InChI is InChI=1S/C15H14BrClN2O2S/c1-9-14(16)7-12(21-9)8-18-19-15(20)10(2)22-13-5-3-11(17)4-6-13/h3-8,10H,1-2H3,(H,19,20)/b18-8-/t10-/m1/s1. The molecule has 0 saturated carbocycles. The zero-order valence-electron chi connectivity index (χ0n) is 12.0. The van der Waals surface area contributed by atoms with Gasteiger partial charge in [0.1, 0.15) is 11.5 Å². The Kier molecular flexibility index (Phi) is 6.11. The number of hydrogen-bond acceptors (Lipinski definition) is 4. The van der Waals surface area contributed by atoms with Crippen molar-refractivity contribution in [1.29, 1.82) is 0 Å². The lowest BCUT2D eigenvalue weighted by Gasteiger charge is -2.09. The molecule has 1 aromatic heterocycles. The molecule has 0 spiro atoms. The van der Waals surface area contributed by atoms with Crippen molar-refractivity contribution in [2.24, 2.45) is 5.10 Å². The van der Waals surface area contributed by atoms with Crippen molar-refractivity contribution in [2.45, 2.75) is 24.0 Å². The number of benzene rings is 1. The molecule has 116 valence electrons. The van der Waals surface area contributed by atoms with Crippen LogP contribution in [0.15, 0.2) is 49.2 Å². The van der Waals surface area contributed by atoms with Gasteiger partial charge in [0.05, 0.1) is 15.9 Å². The molecule has 0 radical (unpaired) electrons. The molecule has 0 aliphatic carbocycles. The lowest BCUT2D eigenvalue weighted by atomic mass is 10.4. The molecule has 22 heavy (non-hydrogen) atoms. The summed E-state index contributed by atoms with van der Waals surface area (Å²) in [6.45, 7) is 3.66. The maximum atomic E-state index is 12.0. The van der Waals surface area contributed by atoms with E-state index in [4.69, 9.17) is 16.0 Å². The number of nitrogens with zero attached hydrogens (tertiary/aromatic N) is 1. The second-order valence-electron chi connectivity index (χ2n) is 4.50. The Morgan fingerprint density at radius 3 is 2.73 bits per heavy atom. The van der Waals surface area contributed by atoms with E-state index in [2.05, 4.69) is 26.5 Å². The van der Waals surface area contributed by atoms with Crippen LogP contribution >= 0.6 is 39.3 Å². The summed E-state index contributed by atoms with van der Waals surface area (Å²) in [5.41, 5.74) is 2.50. The molecular formula is C15H14BrClN2O2S. The summed E-state index contributed by atoms with van der Waals surface area (Å²) in [4.78, 5) is 12.9. The topological polar surface area (TPSA) is 54.6 Å². The van der Waals surface area contributed by atoms with Gasteiger partial charge in [0.25, 0.3) is 5.91 Å². The molecule has 0 unspecified atom stereocenters. The molecule has 0 aliphatic rings. The minimum atomic E-state index is -0.275. The number of thioether (sulfide) groups is 1. The van der Waals surface area contributed by atoms with Crippen LogP contribution in [0.1, 0.15) is 18.4 Å². The minimum absolute atomic E-state index is 0.182. The number of aryl methyl sites for hydroxylation is 1. The van der Waals surface area contributed by atoms with E-state index in [9.17, 15) is 4.79 Å². The molecule has 0 saturated heterocycles. The van der Waals surface area contributed by atoms with E-state index in [1.807, 2.05) is 26.0 Å². The van der Waals surface area contributed by atoms with E-state index >= 15 is 0 Å². The zero-order valence-corrected chi connectivity index (χ0v) is 15.1. The van der Waals surface area contributed by atoms with Crippen LogP contribution in [0, 0.1) is 6.92 Å². The van der Waals surface area contributed by atoms with E-state index in [1.54, 1.807) is 18.2 Å². The van der Waals surface area contributed by atoms with Gasteiger partial charge in [-0.15, -0.1) is 11.8 Å². The zero-order chi connectivity index (χ0) is 16.1. The quantitative estimate of drug-likeness (QED) is 0.451. The summed E-state index contributed by atoms with van der Waals surface area (Å²) >= 11 is 10.6. The molecule has 0 aliphatic heterocycles. The summed E-state index contributed by atoms with van der Waals surface area (Å²) in [6.07, 6.45) is 1.47. The van der Waals surface area contributed by atoms with Crippen LogP contribution in [-0.2, 0) is 4.79 Å².